The van der Waals surface area contributed by atoms with E-state index in [0.29, 0.717) is 0 Å². The van der Waals surface area contributed by atoms with Gasteiger partial charge in [-0.1, -0.05) is 13.8 Å². The van der Waals surface area contributed by atoms with Crippen LogP contribution in [0.4, 0.5) is 0 Å². The maximum atomic E-state index is 10.4. The van der Waals surface area contributed by atoms with Gasteiger partial charge in [0, 0.05) is 6.20 Å². The quantitative estimate of drug-likeness (QED) is 0.488. The van der Waals surface area contributed by atoms with Crippen LogP contribution in [0.3, 0.4) is 0 Å². The molecule has 0 fully saturated rings. The summed E-state index contributed by atoms with van der Waals surface area (Å²) in [4.78, 5) is 10.4. The number of pyridine rings is 1. The fraction of sp³-hybridized carbons (Fsp3) is 0.222. The molecule has 5 nitrogen and oxygen atoms in total. The van der Waals surface area contributed by atoms with Gasteiger partial charge in [0.25, 0.3) is 0 Å². The van der Waals surface area contributed by atoms with Gasteiger partial charge in [-0.2, -0.15) is 0 Å². The second-order valence-corrected chi connectivity index (χ2v) is 2.14. The number of aromatic nitrogens is 1. The van der Waals surface area contributed by atoms with Crippen molar-refractivity contribution in [1.82, 2.24) is 4.57 Å². The molecule has 1 aromatic rings. The van der Waals surface area contributed by atoms with Crippen LogP contribution in [-0.4, -0.2) is 22.0 Å². The van der Waals surface area contributed by atoms with Crippen LogP contribution < -0.4 is 5.49 Å². The van der Waals surface area contributed by atoms with Crippen LogP contribution >= 0.6 is 0 Å². The summed E-state index contributed by atoms with van der Waals surface area (Å²) in [6.45, 7) is 4.00. The molecule has 5 heteroatoms. The first-order valence-electron chi connectivity index (χ1n) is 4.16. The van der Waals surface area contributed by atoms with E-state index >= 15 is 0 Å². The molecular formula is C9H13N3O2. The lowest BCUT2D eigenvalue weighted by atomic mass is 10.3. The molecule has 0 unspecified atom stereocenters. The molecule has 0 aliphatic heterocycles. The monoisotopic (exact) mass is 195 g/mol. The lowest BCUT2D eigenvalue weighted by Crippen LogP contribution is -2.19. The van der Waals surface area contributed by atoms with E-state index in [4.69, 9.17) is 15.9 Å². The van der Waals surface area contributed by atoms with Crippen molar-refractivity contribution in [3.8, 4) is 0 Å². The van der Waals surface area contributed by atoms with Gasteiger partial charge in [0.2, 0.25) is 0 Å². The first-order valence-corrected chi connectivity index (χ1v) is 4.16. The summed E-state index contributed by atoms with van der Waals surface area (Å²) in [7, 11) is 0. The Morgan fingerprint density at radius 2 is 2.07 bits per heavy atom. The second kappa shape index (κ2) is 5.69. The molecule has 3 N–H and O–H groups in total. The van der Waals surface area contributed by atoms with Gasteiger partial charge in [-0.3, -0.25) is 15.4 Å². The van der Waals surface area contributed by atoms with E-state index < -0.39 is 5.97 Å². The van der Waals surface area contributed by atoms with E-state index in [-0.39, 0.29) is 11.1 Å². The van der Waals surface area contributed by atoms with Crippen molar-refractivity contribution in [1.29, 1.82) is 10.8 Å². The number of aromatic carboxylic acids is 1. The third-order valence-electron chi connectivity index (χ3n) is 1.36. The van der Waals surface area contributed by atoms with Gasteiger partial charge in [0.05, 0.1) is 11.9 Å². The number of hydrogen-bond donors (Lipinski definition) is 3. The van der Waals surface area contributed by atoms with Crippen LogP contribution in [0, 0.1) is 10.8 Å². The minimum absolute atomic E-state index is 0.0644. The van der Waals surface area contributed by atoms with E-state index in [0.717, 1.165) is 10.9 Å². The maximum absolute atomic E-state index is 10.4. The summed E-state index contributed by atoms with van der Waals surface area (Å²) < 4.78 is 1.11. The highest BCUT2D eigenvalue weighted by Crippen LogP contribution is 1.93. The normalized spacial score (nSPS) is 8.43. The molecule has 0 saturated carbocycles. The Morgan fingerprint density at radius 3 is 2.50 bits per heavy atom. The molecular weight excluding hydrogens is 182 g/mol. The fourth-order valence-electron chi connectivity index (χ4n) is 0.751. The van der Waals surface area contributed by atoms with Gasteiger partial charge in [-0.05, 0) is 12.1 Å². The molecule has 1 rings (SSSR count). The Balaban J connectivity index is 0.000000791. The van der Waals surface area contributed by atoms with Crippen LogP contribution in [0.5, 0.6) is 0 Å². The Bertz CT molecular complexity index is 382. The Kier molecular flexibility index (Phi) is 4.91. The van der Waals surface area contributed by atoms with Crippen molar-refractivity contribution in [3.63, 3.8) is 0 Å². The topological polar surface area (TPSA) is 89.9 Å². The molecule has 0 spiro atoms. The van der Waals surface area contributed by atoms with Crippen molar-refractivity contribution in [2.24, 2.45) is 0 Å². The van der Waals surface area contributed by atoms with Gasteiger partial charge in [-0.15, -0.1) is 0 Å². The van der Waals surface area contributed by atoms with E-state index in [1.54, 1.807) is 0 Å². The molecule has 0 radical (unpaired) electrons. The van der Waals surface area contributed by atoms with E-state index in [9.17, 15) is 4.79 Å². The summed E-state index contributed by atoms with van der Waals surface area (Å²) in [5, 5.41) is 22.6. The van der Waals surface area contributed by atoms with Crippen LogP contribution in [0.25, 0.3) is 0 Å². The smallest absolute Gasteiger partial charge is 0.337 e. The standard InChI is InChI=1S/C7H7N3O2.C2H6/c8-4-10-3-5(7(11)12)1-2-6(10)9;1-2/h1-4,8-9H,(H,11,12);1-2H3. The van der Waals surface area contributed by atoms with Gasteiger partial charge in [0.1, 0.15) is 5.49 Å². The summed E-state index contributed by atoms with van der Waals surface area (Å²) >= 11 is 0. The molecule has 0 amide bonds. The Morgan fingerprint density at radius 1 is 1.50 bits per heavy atom. The highest BCUT2D eigenvalue weighted by molar-refractivity contribution is 5.87. The van der Waals surface area contributed by atoms with E-state index in [1.165, 1.54) is 18.3 Å². The zero-order valence-electron chi connectivity index (χ0n) is 8.11. The van der Waals surface area contributed by atoms with Crippen molar-refractivity contribution >= 4 is 12.3 Å². The Labute approximate surface area is 81.7 Å². The largest absolute Gasteiger partial charge is 0.478 e. The summed E-state index contributed by atoms with van der Waals surface area (Å²) in [6.07, 6.45) is 2.10. The third-order valence-corrected chi connectivity index (χ3v) is 1.36. The predicted molar refractivity (Wildman–Crippen MR) is 52.8 cm³/mol. The molecule has 0 bridgehead atoms. The van der Waals surface area contributed by atoms with Gasteiger partial charge >= 0.3 is 5.97 Å². The molecule has 0 aliphatic carbocycles. The zero-order chi connectivity index (χ0) is 11.1. The molecule has 76 valence electrons. The lowest BCUT2D eigenvalue weighted by Gasteiger charge is -1.98. The SMILES string of the molecule is CC.N=Cn1cc(C(=O)O)ccc1=N. The van der Waals surface area contributed by atoms with Gasteiger partial charge < -0.3 is 5.11 Å². The fourth-order valence-corrected chi connectivity index (χ4v) is 0.751. The molecule has 0 atom stereocenters. The minimum Gasteiger partial charge on any atom is -0.478 e. The molecule has 14 heavy (non-hydrogen) atoms. The first-order chi connectivity index (χ1) is 6.65. The van der Waals surface area contributed by atoms with Gasteiger partial charge in [0.15, 0.2) is 0 Å². The summed E-state index contributed by atoms with van der Waals surface area (Å²) in [5.41, 5.74) is 0.143. The average Bonchev–Trinajstić information content (AvgIpc) is 2.21. The number of rotatable bonds is 2. The highest BCUT2D eigenvalue weighted by Gasteiger charge is 2.01. The van der Waals surface area contributed by atoms with E-state index in [2.05, 4.69) is 0 Å². The summed E-state index contributed by atoms with van der Waals surface area (Å²) in [6, 6.07) is 2.65. The number of nitrogens with one attached hydrogen (secondary N) is 2. The Hall–Kier alpha value is -1.91. The predicted octanol–water partition coefficient (Wildman–Crippen LogP) is 1.15. The maximum Gasteiger partial charge on any atom is 0.337 e. The number of carbonyl (C=O) groups is 1. The number of carboxylic acid groups (broad SMARTS) is 1. The molecule has 1 aromatic heterocycles. The minimum atomic E-state index is -1.06. The van der Waals surface area contributed by atoms with Crippen molar-refractivity contribution in [2.75, 3.05) is 0 Å². The summed E-state index contributed by atoms with van der Waals surface area (Å²) in [5.74, 6) is -1.06. The molecule has 1 heterocycles. The highest BCUT2D eigenvalue weighted by atomic mass is 16.4. The number of carboxylic acids is 1. The van der Waals surface area contributed by atoms with Crippen LogP contribution in [0.1, 0.15) is 24.2 Å². The van der Waals surface area contributed by atoms with Crippen LogP contribution in [-0.2, 0) is 0 Å². The van der Waals surface area contributed by atoms with Crippen molar-refractivity contribution in [2.45, 2.75) is 13.8 Å². The van der Waals surface area contributed by atoms with Crippen molar-refractivity contribution < 1.29 is 9.90 Å². The third kappa shape index (κ3) is 2.85. The first kappa shape index (κ1) is 12.1. The van der Waals surface area contributed by atoms with Gasteiger partial charge in [-0.25, -0.2) is 4.79 Å². The van der Waals surface area contributed by atoms with E-state index in [1.807, 2.05) is 13.8 Å². The lowest BCUT2D eigenvalue weighted by molar-refractivity contribution is 0.0696. The zero-order valence-corrected chi connectivity index (χ0v) is 8.11. The molecule has 0 aliphatic rings. The number of nitrogens with zero attached hydrogens (tertiary/aromatic N) is 1. The number of hydrogen-bond acceptors (Lipinski definition) is 3. The molecule has 0 aromatic carbocycles. The second-order valence-electron chi connectivity index (χ2n) is 2.14. The average molecular weight is 195 g/mol. The molecule has 0 saturated heterocycles. The van der Waals surface area contributed by atoms with Crippen LogP contribution in [0.15, 0.2) is 18.3 Å². The van der Waals surface area contributed by atoms with Crippen LogP contribution in [0.2, 0.25) is 0 Å². The van der Waals surface area contributed by atoms with Crippen molar-refractivity contribution in [3.05, 3.63) is 29.4 Å².